The molecule has 1 aromatic heterocycles. The number of aromatic nitrogens is 1. The van der Waals surface area contributed by atoms with E-state index in [1.807, 2.05) is 0 Å². The molecule has 0 bridgehead atoms. The van der Waals surface area contributed by atoms with E-state index >= 15 is 0 Å². The molecular weight excluding hydrogens is 290 g/mol. The fourth-order valence-corrected chi connectivity index (χ4v) is 2.45. The third-order valence-corrected chi connectivity index (χ3v) is 3.56. The number of alkyl halides is 2. The van der Waals surface area contributed by atoms with Crippen molar-refractivity contribution in [1.82, 2.24) is 9.88 Å². The van der Waals surface area contributed by atoms with Crippen LogP contribution in [0.15, 0.2) is 23.3 Å². The van der Waals surface area contributed by atoms with Gasteiger partial charge in [0.05, 0.1) is 6.54 Å². The van der Waals surface area contributed by atoms with Crippen LogP contribution in [-0.2, 0) is 6.54 Å². The standard InChI is InChI=1S/C15H22F2N4O/c1-11-3-2-6-21(9-11)15(18)20-8-12-4-5-19-14(7-12)22-10-13(16)17/h4-5,7,11,13H,2-3,6,8-10H2,1H3,(H2,18,20). The van der Waals surface area contributed by atoms with Crippen LogP contribution in [0.4, 0.5) is 8.78 Å². The number of likely N-dealkylation sites (tertiary alicyclic amines) is 1. The summed E-state index contributed by atoms with van der Waals surface area (Å²) in [5.41, 5.74) is 6.85. The quantitative estimate of drug-likeness (QED) is 0.669. The van der Waals surface area contributed by atoms with Crippen LogP contribution in [0.5, 0.6) is 5.88 Å². The number of pyridine rings is 1. The molecule has 1 fully saturated rings. The van der Waals surface area contributed by atoms with Crippen molar-refractivity contribution in [2.75, 3.05) is 19.7 Å². The van der Waals surface area contributed by atoms with Crippen LogP contribution in [0.2, 0.25) is 0 Å². The van der Waals surface area contributed by atoms with E-state index in [4.69, 9.17) is 10.5 Å². The smallest absolute Gasteiger partial charge is 0.272 e. The summed E-state index contributed by atoms with van der Waals surface area (Å²) in [6.07, 6.45) is 1.35. The summed E-state index contributed by atoms with van der Waals surface area (Å²) in [7, 11) is 0. The second kappa shape index (κ2) is 7.91. The summed E-state index contributed by atoms with van der Waals surface area (Å²) in [6.45, 7) is 3.78. The fourth-order valence-electron chi connectivity index (χ4n) is 2.45. The Bertz CT molecular complexity index is 510. The molecule has 0 aliphatic carbocycles. The second-order valence-corrected chi connectivity index (χ2v) is 5.57. The number of rotatable bonds is 5. The van der Waals surface area contributed by atoms with Crippen molar-refractivity contribution >= 4 is 5.96 Å². The van der Waals surface area contributed by atoms with Crippen molar-refractivity contribution in [3.63, 3.8) is 0 Å². The first kappa shape index (κ1) is 16.5. The highest BCUT2D eigenvalue weighted by Gasteiger charge is 2.17. The van der Waals surface area contributed by atoms with E-state index in [-0.39, 0.29) is 5.88 Å². The number of halogens is 2. The predicted octanol–water partition coefficient (Wildman–Crippen LogP) is 2.27. The zero-order chi connectivity index (χ0) is 15.9. The lowest BCUT2D eigenvalue weighted by Gasteiger charge is -2.31. The van der Waals surface area contributed by atoms with Crippen LogP contribution in [0, 0.1) is 5.92 Å². The number of hydrogen-bond donors (Lipinski definition) is 1. The minimum atomic E-state index is -2.51. The maximum Gasteiger partial charge on any atom is 0.272 e. The van der Waals surface area contributed by atoms with Crippen molar-refractivity contribution in [3.8, 4) is 5.88 Å². The Balaban J connectivity index is 1.92. The molecule has 1 aliphatic heterocycles. The number of nitrogens with zero attached hydrogens (tertiary/aromatic N) is 3. The molecule has 0 saturated carbocycles. The van der Waals surface area contributed by atoms with Gasteiger partial charge in [-0.3, -0.25) is 0 Å². The monoisotopic (exact) mass is 312 g/mol. The number of guanidine groups is 1. The average molecular weight is 312 g/mol. The first-order chi connectivity index (χ1) is 10.5. The van der Waals surface area contributed by atoms with Crippen molar-refractivity contribution < 1.29 is 13.5 Å². The molecule has 0 amide bonds. The Labute approximate surface area is 129 Å². The van der Waals surface area contributed by atoms with E-state index in [9.17, 15) is 8.78 Å². The third-order valence-electron chi connectivity index (χ3n) is 3.56. The normalized spacial score (nSPS) is 19.5. The largest absolute Gasteiger partial charge is 0.472 e. The highest BCUT2D eigenvalue weighted by molar-refractivity contribution is 5.78. The molecule has 1 saturated heterocycles. The van der Waals surface area contributed by atoms with Gasteiger partial charge in [0, 0.05) is 25.4 Å². The molecule has 7 heteroatoms. The van der Waals surface area contributed by atoms with Crippen LogP contribution in [0.3, 0.4) is 0 Å². The molecule has 0 aromatic carbocycles. The van der Waals surface area contributed by atoms with E-state index in [1.165, 1.54) is 12.6 Å². The van der Waals surface area contributed by atoms with Gasteiger partial charge in [0.2, 0.25) is 5.88 Å². The second-order valence-electron chi connectivity index (χ2n) is 5.57. The summed E-state index contributed by atoms with van der Waals surface area (Å²) in [6, 6.07) is 3.38. The number of piperidine rings is 1. The Kier molecular flexibility index (Phi) is 5.91. The molecule has 22 heavy (non-hydrogen) atoms. The van der Waals surface area contributed by atoms with Crippen LogP contribution in [-0.4, -0.2) is 42.0 Å². The summed E-state index contributed by atoms with van der Waals surface area (Å²) in [5, 5.41) is 0. The molecule has 2 N–H and O–H groups in total. The zero-order valence-electron chi connectivity index (χ0n) is 12.7. The van der Waals surface area contributed by atoms with E-state index < -0.39 is 13.0 Å². The van der Waals surface area contributed by atoms with Crippen molar-refractivity contribution in [3.05, 3.63) is 23.9 Å². The van der Waals surface area contributed by atoms with E-state index in [0.717, 1.165) is 25.1 Å². The summed E-state index contributed by atoms with van der Waals surface area (Å²) >= 11 is 0. The summed E-state index contributed by atoms with van der Waals surface area (Å²) in [4.78, 5) is 10.4. The highest BCUT2D eigenvalue weighted by Crippen LogP contribution is 2.15. The number of hydrogen-bond acceptors (Lipinski definition) is 3. The van der Waals surface area contributed by atoms with E-state index in [0.29, 0.717) is 18.4 Å². The Morgan fingerprint density at radius 2 is 2.41 bits per heavy atom. The van der Waals surface area contributed by atoms with Gasteiger partial charge in [-0.25, -0.2) is 18.8 Å². The molecule has 1 aromatic rings. The molecule has 0 spiro atoms. The molecule has 2 heterocycles. The topological polar surface area (TPSA) is 63.7 Å². The van der Waals surface area contributed by atoms with Crippen LogP contribution < -0.4 is 10.5 Å². The first-order valence-corrected chi connectivity index (χ1v) is 7.45. The van der Waals surface area contributed by atoms with Gasteiger partial charge in [0.25, 0.3) is 6.43 Å². The summed E-state index contributed by atoms with van der Waals surface area (Å²) < 4.78 is 29.1. The first-order valence-electron chi connectivity index (χ1n) is 7.45. The van der Waals surface area contributed by atoms with Gasteiger partial charge >= 0.3 is 0 Å². The van der Waals surface area contributed by atoms with Gasteiger partial charge in [0.15, 0.2) is 12.6 Å². The summed E-state index contributed by atoms with van der Waals surface area (Å²) in [5.74, 6) is 1.33. The maximum absolute atomic E-state index is 12.1. The van der Waals surface area contributed by atoms with E-state index in [1.54, 1.807) is 12.1 Å². The third kappa shape index (κ3) is 5.13. The van der Waals surface area contributed by atoms with Gasteiger partial charge in [-0.1, -0.05) is 6.92 Å². The van der Waals surface area contributed by atoms with Gasteiger partial charge in [-0.15, -0.1) is 0 Å². The van der Waals surface area contributed by atoms with Crippen LogP contribution in [0.25, 0.3) is 0 Å². The van der Waals surface area contributed by atoms with Crippen molar-refractivity contribution in [1.29, 1.82) is 0 Å². The maximum atomic E-state index is 12.1. The molecular formula is C15H22F2N4O. The lowest BCUT2D eigenvalue weighted by atomic mass is 10.0. The average Bonchev–Trinajstić information content (AvgIpc) is 2.51. The van der Waals surface area contributed by atoms with Crippen molar-refractivity contribution in [2.24, 2.45) is 16.6 Å². The lowest BCUT2D eigenvalue weighted by Crippen LogP contribution is -2.43. The Hall–Kier alpha value is -1.92. The molecule has 5 nitrogen and oxygen atoms in total. The van der Waals surface area contributed by atoms with Gasteiger partial charge < -0.3 is 15.4 Å². The van der Waals surface area contributed by atoms with Crippen LogP contribution >= 0.6 is 0 Å². The Morgan fingerprint density at radius 1 is 1.59 bits per heavy atom. The fraction of sp³-hybridized carbons (Fsp3) is 0.600. The van der Waals surface area contributed by atoms with Crippen molar-refractivity contribution in [2.45, 2.75) is 32.7 Å². The van der Waals surface area contributed by atoms with E-state index in [2.05, 4.69) is 21.8 Å². The molecule has 0 radical (unpaired) electrons. The lowest BCUT2D eigenvalue weighted by molar-refractivity contribution is 0.0795. The molecule has 2 rings (SSSR count). The van der Waals surface area contributed by atoms with Gasteiger partial charge in [0.1, 0.15) is 0 Å². The number of aliphatic imine (C=N–C) groups is 1. The highest BCUT2D eigenvalue weighted by atomic mass is 19.3. The zero-order valence-corrected chi connectivity index (χ0v) is 12.7. The molecule has 1 aliphatic rings. The number of nitrogens with two attached hydrogens (primary N) is 1. The Morgan fingerprint density at radius 3 is 3.14 bits per heavy atom. The molecule has 1 atom stereocenters. The van der Waals surface area contributed by atoms with Gasteiger partial charge in [-0.2, -0.15) is 0 Å². The van der Waals surface area contributed by atoms with Crippen LogP contribution in [0.1, 0.15) is 25.3 Å². The molecule has 1 unspecified atom stereocenters. The molecule has 122 valence electrons. The predicted molar refractivity (Wildman–Crippen MR) is 81.0 cm³/mol. The number of ether oxygens (including phenoxy) is 1. The minimum Gasteiger partial charge on any atom is -0.472 e. The minimum absolute atomic E-state index is 0.179. The van der Waals surface area contributed by atoms with Gasteiger partial charge in [-0.05, 0) is 30.4 Å². The SMILES string of the molecule is CC1CCCN(C(N)=NCc2ccnc(OCC(F)F)c2)C1.